The molecule has 1 N–H and O–H groups in total. The molecule has 2 aromatic rings. The van der Waals surface area contributed by atoms with E-state index in [0.29, 0.717) is 23.7 Å². The Morgan fingerprint density at radius 2 is 2.24 bits per heavy atom. The van der Waals surface area contributed by atoms with Gasteiger partial charge in [-0.25, -0.2) is 4.79 Å². The Kier molecular flexibility index (Phi) is 3.09. The number of benzene rings is 1. The lowest BCUT2D eigenvalue weighted by atomic mass is 10.1. The molecule has 1 aromatic carbocycles. The SMILES string of the molecule is CCOc1ccccc1-c1cc(C(=O)O)no1. The molecule has 0 aliphatic carbocycles. The lowest BCUT2D eigenvalue weighted by Crippen LogP contribution is -1.95. The number of hydrogen-bond donors (Lipinski definition) is 1. The van der Waals surface area contributed by atoms with Crippen LogP contribution in [0.5, 0.6) is 5.75 Å². The molecule has 0 atom stereocenters. The fraction of sp³-hybridized carbons (Fsp3) is 0.167. The molecule has 0 spiro atoms. The minimum absolute atomic E-state index is 0.119. The Balaban J connectivity index is 2.41. The van der Waals surface area contributed by atoms with Gasteiger partial charge in [0.15, 0.2) is 11.5 Å². The van der Waals surface area contributed by atoms with Gasteiger partial charge in [-0.15, -0.1) is 0 Å². The highest BCUT2D eigenvalue weighted by atomic mass is 16.5. The summed E-state index contributed by atoms with van der Waals surface area (Å²) < 4.78 is 10.4. The molecule has 17 heavy (non-hydrogen) atoms. The van der Waals surface area contributed by atoms with Crippen LogP contribution in [0.3, 0.4) is 0 Å². The van der Waals surface area contributed by atoms with Crippen LogP contribution in [-0.2, 0) is 0 Å². The van der Waals surface area contributed by atoms with E-state index in [9.17, 15) is 4.79 Å². The third-order valence-corrected chi connectivity index (χ3v) is 2.18. The van der Waals surface area contributed by atoms with E-state index in [1.54, 1.807) is 12.1 Å². The monoisotopic (exact) mass is 233 g/mol. The average molecular weight is 233 g/mol. The molecule has 0 saturated carbocycles. The quantitative estimate of drug-likeness (QED) is 0.877. The first kappa shape index (κ1) is 11.2. The van der Waals surface area contributed by atoms with Crippen LogP contribution in [-0.4, -0.2) is 22.8 Å². The number of aromatic carboxylic acids is 1. The van der Waals surface area contributed by atoms with Crippen LogP contribution < -0.4 is 4.74 Å². The van der Waals surface area contributed by atoms with E-state index in [-0.39, 0.29) is 5.69 Å². The first-order valence-corrected chi connectivity index (χ1v) is 5.14. The molecule has 0 fully saturated rings. The zero-order valence-corrected chi connectivity index (χ0v) is 9.21. The van der Waals surface area contributed by atoms with Gasteiger partial charge in [-0.05, 0) is 19.1 Å². The zero-order chi connectivity index (χ0) is 12.3. The predicted molar refractivity (Wildman–Crippen MR) is 60.1 cm³/mol. The number of nitrogens with zero attached hydrogens (tertiary/aromatic N) is 1. The van der Waals surface area contributed by atoms with E-state index < -0.39 is 5.97 Å². The number of para-hydroxylation sites is 1. The van der Waals surface area contributed by atoms with Gasteiger partial charge in [-0.2, -0.15) is 0 Å². The van der Waals surface area contributed by atoms with E-state index in [1.807, 2.05) is 19.1 Å². The number of aromatic nitrogens is 1. The van der Waals surface area contributed by atoms with Crippen molar-refractivity contribution in [2.45, 2.75) is 6.92 Å². The first-order chi connectivity index (χ1) is 8.22. The van der Waals surface area contributed by atoms with Gasteiger partial charge in [0.05, 0.1) is 12.2 Å². The second kappa shape index (κ2) is 4.69. The van der Waals surface area contributed by atoms with E-state index in [0.717, 1.165) is 0 Å². The maximum absolute atomic E-state index is 10.7. The largest absolute Gasteiger partial charge is 0.493 e. The van der Waals surface area contributed by atoms with Crippen molar-refractivity contribution in [1.29, 1.82) is 0 Å². The molecule has 1 aromatic heterocycles. The van der Waals surface area contributed by atoms with Crippen molar-refractivity contribution in [3.8, 4) is 17.1 Å². The smallest absolute Gasteiger partial charge is 0.358 e. The van der Waals surface area contributed by atoms with Crippen molar-refractivity contribution in [3.05, 3.63) is 36.0 Å². The number of rotatable bonds is 4. The summed E-state index contributed by atoms with van der Waals surface area (Å²) >= 11 is 0. The third-order valence-electron chi connectivity index (χ3n) is 2.18. The number of ether oxygens (including phenoxy) is 1. The Labute approximate surface area is 97.6 Å². The van der Waals surface area contributed by atoms with E-state index >= 15 is 0 Å². The second-order valence-electron chi connectivity index (χ2n) is 3.31. The van der Waals surface area contributed by atoms with Gasteiger partial charge < -0.3 is 14.4 Å². The summed E-state index contributed by atoms with van der Waals surface area (Å²) in [6.07, 6.45) is 0. The fourth-order valence-corrected chi connectivity index (χ4v) is 1.45. The molecule has 5 heteroatoms. The summed E-state index contributed by atoms with van der Waals surface area (Å²) in [5.74, 6) is -0.0940. The molecule has 2 rings (SSSR count). The van der Waals surface area contributed by atoms with Gasteiger partial charge in [0.1, 0.15) is 5.75 Å². The highest BCUT2D eigenvalue weighted by molar-refractivity contribution is 5.86. The minimum Gasteiger partial charge on any atom is -0.493 e. The van der Waals surface area contributed by atoms with Gasteiger partial charge >= 0.3 is 5.97 Å². The molecule has 0 amide bonds. The van der Waals surface area contributed by atoms with Gasteiger partial charge in [0, 0.05) is 6.07 Å². The van der Waals surface area contributed by atoms with Crippen LogP contribution in [0.1, 0.15) is 17.4 Å². The average Bonchev–Trinajstić information content (AvgIpc) is 2.79. The molecule has 88 valence electrons. The van der Waals surface area contributed by atoms with Gasteiger partial charge in [-0.3, -0.25) is 0 Å². The lowest BCUT2D eigenvalue weighted by molar-refractivity contribution is 0.0686. The van der Waals surface area contributed by atoms with Crippen molar-refractivity contribution in [2.24, 2.45) is 0 Å². The molecule has 0 saturated heterocycles. The highest BCUT2D eigenvalue weighted by Crippen LogP contribution is 2.30. The van der Waals surface area contributed by atoms with Crippen molar-refractivity contribution < 1.29 is 19.2 Å². The molecule has 5 nitrogen and oxygen atoms in total. The van der Waals surface area contributed by atoms with Gasteiger partial charge in [0.25, 0.3) is 0 Å². The number of carbonyl (C=O) groups is 1. The summed E-state index contributed by atoms with van der Waals surface area (Å²) in [6.45, 7) is 2.40. The number of carboxylic acids is 1. The van der Waals surface area contributed by atoms with Crippen LogP contribution in [0.25, 0.3) is 11.3 Å². The van der Waals surface area contributed by atoms with E-state index in [2.05, 4.69) is 5.16 Å². The lowest BCUT2D eigenvalue weighted by Gasteiger charge is -2.06. The number of hydrogen-bond acceptors (Lipinski definition) is 4. The van der Waals surface area contributed by atoms with Gasteiger partial charge in [-0.1, -0.05) is 17.3 Å². The van der Waals surface area contributed by atoms with Crippen LogP contribution in [0, 0.1) is 0 Å². The molecule has 0 radical (unpaired) electrons. The number of carboxylic acid groups (broad SMARTS) is 1. The maximum atomic E-state index is 10.7. The summed E-state index contributed by atoms with van der Waals surface area (Å²) in [7, 11) is 0. The van der Waals surface area contributed by atoms with Crippen LogP contribution in [0.15, 0.2) is 34.9 Å². The molecular formula is C12H11NO4. The Hall–Kier alpha value is -2.30. The Morgan fingerprint density at radius 1 is 1.47 bits per heavy atom. The third kappa shape index (κ3) is 2.28. The van der Waals surface area contributed by atoms with Gasteiger partial charge in [0.2, 0.25) is 0 Å². The molecule has 1 heterocycles. The molecule has 0 bridgehead atoms. The minimum atomic E-state index is -1.12. The standard InChI is InChI=1S/C12H11NO4/c1-2-16-10-6-4-3-5-8(10)11-7-9(12(14)15)13-17-11/h3-7H,2H2,1H3,(H,14,15). The predicted octanol–water partition coefficient (Wildman–Crippen LogP) is 2.44. The maximum Gasteiger partial charge on any atom is 0.358 e. The summed E-state index contributed by atoms with van der Waals surface area (Å²) in [5.41, 5.74) is 0.570. The van der Waals surface area contributed by atoms with Crippen molar-refractivity contribution in [1.82, 2.24) is 5.16 Å². The molecule has 0 aliphatic heterocycles. The Morgan fingerprint density at radius 3 is 2.88 bits per heavy atom. The normalized spacial score (nSPS) is 10.2. The van der Waals surface area contributed by atoms with Crippen molar-refractivity contribution in [2.75, 3.05) is 6.61 Å². The van der Waals surface area contributed by atoms with E-state index in [4.69, 9.17) is 14.4 Å². The summed E-state index contributed by atoms with van der Waals surface area (Å²) in [4.78, 5) is 10.7. The summed E-state index contributed by atoms with van der Waals surface area (Å²) in [5, 5.41) is 12.2. The Bertz CT molecular complexity index is 533. The summed E-state index contributed by atoms with van der Waals surface area (Å²) in [6, 6.07) is 8.61. The van der Waals surface area contributed by atoms with Crippen LogP contribution in [0.2, 0.25) is 0 Å². The van der Waals surface area contributed by atoms with Crippen LogP contribution in [0.4, 0.5) is 0 Å². The molecule has 0 unspecified atom stereocenters. The highest BCUT2D eigenvalue weighted by Gasteiger charge is 2.14. The van der Waals surface area contributed by atoms with Crippen LogP contribution >= 0.6 is 0 Å². The fourth-order valence-electron chi connectivity index (χ4n) is 1.45. The zero-order valence-electron chi connectivity index (χ0n) is 9.21. The van der Waals surface area contributed by atoms with Crippen molar-refractivity contribution in [3.63, 3.8) is 0 Å². The molecular weight excluding hydrogens is 222 g/mol. The topological polar surface area (TPSA) is 72.6 Å². The molecule has 0 aliphatic rings. The van der Waals surface area contributed by atoms with E-state index in [1.165, 1.54) is 6.07 Å². The first-order valence-electron chi connectivity index (χ1n) is 5.14. The van der Waals surface area contributed by atoms with Crippen molar-refractivity contribution >= 4 is 5.97 Å². The second-order valence-corrected chi connectivity index (χ2v) is 3.31.